The number of non-ortho nitro benzene ring substituents is 1. The SMILES string of the molecule is O=C(/C=C/c1ccc([N+](=O)[O-])cc1)OCCCNc1ccc([N+](=O)[O-])cn1. The molecule has 2 rings (SSSR count). The Hall–Kier alpha value is -3.82. The molecule has 0 saturated heterocycles. The van der Waals surface area contributed by atoms with E-state index >= 15 is 0 Å². The first-order chi connectivity index (χ1) is 13.0. The molecule has 0 fully saturated rings. The van der Waals surface area contributed by atoms with Crippen molar-refractivity contribution >= 4 is 29.2 Å². The molecule has 0 unspecified atom stereocenters. The van der Waals surface area contributed by atoms with Gasteiger partial charge in [0, 0.05) is 30.8 Å². The third-order valence-corrected chi connectivity index (χ3v) is 3.35. The molecule has 1 N–H and O–H groups in total. The molecule has 0 bridgehead atoms. The fourth-order valence-electron chi connectivity index (χ4n) is 1.98. The fraction of sp³-hybridized carbons (Fsp3) is 0.176. The molecule has 0 saturated carbocycles. The first kappa shape index (κ1) is 19.5. The second-order valence-corrected chi connectivity index (χ2v) is 5.29. The number of nitro benzene ring substituents is 1. The van der Waals surface area contributed by atoms with Gasteiger partial charge in [-0.1, -0.05) is 0 Å². The molecular weight excluding hydrogens is 356 g/mol. The lowest BCUT2D eigenvalue weighted by molar-refractivity contribution is -0.385. The molecule has 0 radical (unpaired) electrons. The van der Waals surface area contributed by atoms with Crippen LogP contribution in [0.25, 0.3) is 6.08 Å². The first-order valence-electron chi connectivity index (χ1n) is 7.89. The van der Waals surface area contributed by atoms with Crippen molar-refractivity contribution in [2.75, 3.05) is 18.5 Å². The monoisotopic (exact) mass is 372 g/mol. The van der Waals surface area contributed by atoms with Crippen molar-refractivity contribution in [1.82, 2.24) is 4.98 Å². The summed E-state index contributed by atoms with van der Waals surface area (Å²) in [7, 11) is 0. The molecule has 1 heterocycles. The van der Waals surface area contributed by atoms with Crippen LogP contribution in [0.15, 0.2) is 48.7 Å². The van der Waals surface area contributed by atoms with Gasteiger partial charge in [0.1, 0.15) is 12.0 Å². The number of nitro groups is 2. The quantitative estimate of drug-likeness (QED) is 0.233. The van der Waals surface area contributed by atoms with Gasteiger partial charge in [-0.2, -0.15) is 0 Å². The maximum Gasteiger partial charge on any atom is 0.330 e. The predicted molar refractivity (Wildman–Crippen MR) is 97.1 cm³/mol. The molecule has 0 aliphatic rings. The van der Waals surface area contributed by atoms with Crippen molar-refractivity contribution in [3.63, 3.8) is 0 Å². The Morgan fingerprint density at radius 1 is 1.07 bits per heavy atom. The minimum Gasteiger partial charge on any atom is -0.462 e. The van der Waals surface area contributed by atoms with Crippen molar-refractivity contribution in [1.29, 1.82) is 0 Å². The van der Waals surface area contributed by atoms with Gasteiger partial charge in [-0.15, -0.1) is 0 Å². The Labute approximate surface area is 153 Å². The summed E-state index contributed by atoms with van der Waals surface area (Å²) in [6.07, 6.45) is 4.43. The topological polar surface area (TPSA) is 138 Å². The van der Waals surface area contributed by atoms with Crippen LogP contribution in [-0.2, 0) is 9.53 Å². The third kappa shape index (κ3) is 6.53. The van der Waals surface area contributed by atoms with Crippen LogP contribution in [0.1, 0.15) is 12.0 Å². The number of benzene rings is 1. The van der Waals surface area contributed by atoms with E-state index in [2.05, 4.69) is 10.3 Å². The number of ether oxygens (including phenoxy) is 1. The number of aromatic nitrogens is 1. The first-order valence-corrected chi connectivity index (χ1v) is 7.89. The van der Waals surface area contributed by atoms with Crippen LogP contribution in [0.2, 0.25) is 0 Å². The summed E-state index contributed by atoms with van der Waals surface area (Å²) >= 11 is 0. The molecular formula is C17H16N4O6. The number of pyridine rings is 1. The lowest BCUT2D eigenvalue weighted by Crippen LogP contribution is -2.09. The Balaban J connectivity index is 1.66. The van der Waals surface area contributed by atoms with Gasteiger partial charge >= 0.3 is 5.97 Å². The molecule has 0 amide bonds. The normalized spacial score (nSPS) is 10.5. The standard InChI is InChI=1S/C17H16N4O6/c22-17(9-4-13-2-5-14(6-3-13)20(23)24)27-11-1-10-18-16-8-7-15(12-19-16)21(25)26/h2-9,12H,1,10-11H2,(H,18,19)/b9-4+. The van der Waals surface area contributed by atoms with Crippen LogP contribution >= 0.6 is 0 Å². The molecule has 0 spiro atoms. The van der Waals surface area contributed by atoms with Gasteiger partial charge in [-0.05, 0) is 36.3 Å². The molecule has 27 heavy (non-hydrogen) atoms. The average Bonchev–Trinajstić information content (AvgIpc) is 2.66. The predicted octanol–water partition coefficient (Wildman–Crippen LogP) is 2.96. The van der Waals surface area contributed by atoms with E-state index in [1.807, 2.05) is 0 Å². The van der Waals surface area contributed by atoms with Gasteiger partial charge in [-0.25, -0.2) is 9.78 Å². The zero-order valence-corrected chi connectivity index (χ0v) is 14.1. The maximum absolute atomic E-state index is 11.6. The van der Waals surface area contributed by atoms with Gasteiger partial charge < -0.3 is 10.1 Å². The number of esters is 1. The highest BCUT2D eigenvalue weighted by Gasteiger charge is 2.05. The molecule has 140 valence electrons. The van der Waals surface area contributed by atoms with Crippen LogP contribution in [0.4, 0.5) is 17.2 Å². The Morgan fingerprint density at radius 3 is 2.33 bits per heavy atom. The minimum atomic E-state index is -0.527. The van der Waals surface area contributed by atoms with Crippen molar-refractivity contribution in [2.45, 2.75) is 6.42 Å². The zero-order valence-electron chi connectivity index (χ0n) is 14.1. The highest BCUT2D eigenvalue weighted by atomic mass is 16.6. The molecule has 10 heteroatoms. The highest BCUT2D eigenvalue weighted by molar-refractivity contribution is 5.87. The van der Waals surface area contributed by atoms with E-state index in [-0.39, 0.29) is 18.0 Å². The summed E-state index contributed by atoms with van der Waals surface area (Å²) in [5.41, 5.74) is 0.530. The summed E-state index contributed by atoms with van der Waals surface area (Å²) in [6, 6.07) is 8.60. The van der Waals surface area contributed by atoms with Crippen LogP contribution in [-0.4, -0.2) is 34.0 Å². The Morgan fingerprint density at radius 2 is 1.74 bits per heavy atom. The summed E-state index contributed by atoms with van der Waals surface area (Å²) in [5, 5.41) is 24.0. The number of nitrogens with one attached hydrogen (secondary N) is 1. The van der Waals surface area contributed by atoms with E-state index in [0.717, 1.165) is 6.20 Å². The van der Waals surface area contributed by atoms with E-state index in [0.29, 0.717) is 24.3 Å². The lowest BCUT2D eigenvalue weighted by atomic mass is 10.2. The largest absolute Gasteiger partial charge is 0.462 e. The van der Waals surface area contributed by atoms with Crippen LogP contribution in [0.5, 0.6) is 0 Å². The molecule has 10 nitrogen and oxygen atoms in total. The summed E-state index contributed by atoms with van der Waals surface area (Å²) in [6.45, 7) is 0.660. The van der Waals surface area contributed by atoms with E-state index in [9.17, 15) is 25.0 Å². The Bertz CT molecular complexity index is 834. The fourth-order valence-corrected chi connectivity index (χ4v) is 1.98. The van der Waals surface area contributed by atoms with E-state index in [1.54, 1.807) is 0 Å². The van der Waals surface area contributed by atoms with Crippen molar-refractivity contribution in [2.24, 2.45) is 0 Å². The molecule has 1 aromatic heterocycles. The van der Waals surface area contributed by atoms with Gasteiger partial charge in [0.05, 0.1) is 16.5 Å². The number of hydrogen-bond acceptors (Lipinski definition) is 8. The van der Waals surface area contributed by atoms with Gasteiger partial charge in [-0.3, -0.25) is 20.2 Å². The summed E-state index contributed by atoms with van der Waals surface area (Å²) < 4.78 is 5.03. The average molecular weight is 372 g/mol. The van der Waals surface area contributed by atoms with Gasteiger partial charge in [0.15, 0.2) is 0 Å². The number of hydrogen-bond donors (Lipinski definition) is 1. The summed E-state index contributed by atoms with van der Waals surface area (Å²) in [5.74, 6) is -0.0354. The lowest BCUT2D eigenvalue weighted by Gasteiger charge is -2.05. The molecule has 0 atom stereocenters. The van der Waals surface area contributed by atoms with Gasteiger partial charge in [0.2, 0.25) is 0 Å². The minimum absolute atomic E-state index is 0.0234. The molecule has 0 aliphatic heterocycles. The van der Waals surface area contributed by atoms with Crippen molar-refractivity contribution in [3.05, 3.63) is 74.5 Å². The molecule has 2 aromatic rings. The van der Waals surface area contributed by atoms with Crippen LogP contribution < -0.4 is 5.32 Å². The summed E-state index contributed by atoms with van der Waals surface area (Å²) in [4.78, 5) is 35.6. The zero-order chi connectivity index (χ0) is 19.6. The van der Waals surface area contributed by atoms with Crippen molar-refractivity contribution < 1.29 is 19.4 Å². The van der Waals surface area contributed by atoms with E-state index in [1.165, 1.54) is 48.6 Å². The second kappa shape index (κ2) is 9.61. The number of carbonyl (C=O) groups is 1. The number of nitrogens with zero attached hydrogens (tertiary/aromatic N) is 3. The molecule has 1 aromatic carbocycles. The second-order valence-electron chi connectivity index (χ2n) is 5.29. The van der Waals surface area contributed by atoms with Crippen LogP contribution in [0.3, 0.4) is 0 Å². The van der Waals surface area contributed by atoms with Gasteiger partial charge in [0.25, 0.3) is 11.4 Å². The number of anilines is 1. The van der Waals surface area contributed by atoms with Crippen LogP contribution in [0, 0.1) is 20.2 Å². The number of carbonyl (C=O) groups excluding carboxylic acids is 1. The maximum atomic E-state index is 11.6. The van der Waals surface area contributed by atoms with E-state index < -0.39 is 15.8 Å². The van der Waals surface area contributed by atoms with Crippen molar-refractivity contribution in [3.8, 4) is 0 Å². The Kier molecular flexibility index (Phi) is 6.94. The highest BCUT2D eigenvalue weighted by Crippen LogP contribution is 2.13. The number of rotatable bonds is 9. The smallest absolute Gasteiger partial charge is 0.330 e. The third-order valence-electron chi connectivity index (χ3n) is 3.35. The molecule has 0 aliphatic carbocycles. The van der Waals surface area contributed by atoms with E-state index in [4.69, 9.17) is 4.74 Å².